The Hall–Kier alpha value is -1.82. The lowest BCUT2D eigenvalue weighted by Gasteiger charge is -2.00. The van der Waals surface area contributed by atoms with Crippen molar-refractivity contribution in [3.05, 3.63) is 46.6 Å². The lowest BCUT2D eigenvalue weighted by molar-refractivity contribution is 0.460. The average molecular weight is 235 g/mol. The van der Waals surface area contributed by atoms with E-state index in [-0.39, 0.29) is 5.75 Å². The van der Waals surface area contributed by atoms with Crippen LogP contribution in [0.5, 0.6) is 5.75 Å². The number of thioether (sulfide) groups is 1. The quantitative estimate of drug-likeness (QED) is 0.616. The smallest absolute Gasteiger partial charge is 0.293 e. The van der Waals surface area contributed by atoms with Crippen LogP contribution in [0.3, 0.4) is 0 Å². The van der Waals surface area contributed by atoms with Gasteiger partial charge in [-0.1, -0.05) is 11.8 Å². The molecule has 0 bridgehead atoms. The van der Waals surface area contributed by atoms with E-state index in [0.29, 0.717) is 10.9 Å². The molecule has 0 aliphatic rings. The minimum absolute atomic E-state index is 0.367. The number of aromatic nitrogens is 3. The van der Waals surface area contributed by atoms with E-state index < -0.39 is 5.56 Å². The van der Waals surface area contributed by atoms with Crippen molar-refractivity contribution >= 4 is 11.8 Å². The van der Waals surface area contributed by atoms with Crippen molar-refractivity contribution in [2.24, 2.45) is 0 Å². The van der Waals surface area contributed by atoms with E-state index in [0.717, 1.165) is 11.8 Å². The van der Waals surface area contributed by atoms with Gasteiger partial charge < -0.3 is 5.11 Å². The highest BCUT2D eigenvalue weighted by Crippen LogP contribution is 2.17. The molecule has 0 aliphatic heterocycles. The summed E-state index contributed by atoms with van der Waals surface area (Å²) in [6, 6.07) is 3.79. The molecule has 6 heteroatoms. The number of pyridine rings is 1. The van der Waals surface area contributed by atoms with Crippen LogP contribution in [-0.2, 0) is 5.75 Å². The van der Waals surface area contributed by atoms with Gasteiger partial charge in [0.1, 0.15) is 0 Å². The van der Waals surface area contributed by atoms with Crippen molar-refractivity contribution in [1.29, 1.82) is 0 Å². The summed E-state index contributed by atoms with van der Waals surface area (Å²) in [5, 5.41) is 9.49. The average Bonchev–Trinajstić information content (AvgIpc) is 2.32. The summed E-state index contributed by atoms with van der Waals surface area (Å²) in [5.74, 6) is 0.323. The minimum Gasteiger partial charge on any atom is -0.502 e. The first kappa shape index (κ1) is 10.7. The van der Waals surface area contributed by atoms with Gasteiger partial charge in [0.15, 0.2) is 10.9 Å². The molecule has 2 aromatic rings. The van der Waals surface area contributed by atoms with E-state index in [9.17, 15) is 4.79 Å². The standard InChI is InChI=1S/C10H9N3O2S/c14-8-5-12-10(13-9(8)15)16-6-7-1-3-11-4-2-7/h1-5,14H,6H2,(H,12,13,15). The molecular formula is C10H9N3O2S. The van der Waals surface area contributed by atoms with Gasteiger partial charge in [-0.3, -0.25) is 14.8 Å². The number of nitrogens with one attached hydrogen (secondary N) is 1. The highest BCUT2D eigenvalue weighted by Gasteiger charge is 2.01. The number of H-pyrrole nitrogens is 1. The molecule has 0 atom stereocenters. The number of nitrogens with zero attached hydrogens (tertiary/aromatic N) is 2. The maximum Gasteiger partial charge on any atom is 0.293 e. The summed E-state index contributed by atoms with van der Waals surface area (Å²) in [4.78, 5) is 21.4. The van der Waals surface area contributed by atoms with Gasteiger partial charge in [0, 0.05) is 18.1 Å². The Bertz CT molecular complexity index is 527. The van der Waals surface area contributed by atoms with Crippen LogP contribution in [0.25, 0.3) is 0 Å². The first-order chi connectivity index (χ1) is 7.75. The first-order valence-corrected chi connectivity index (χ1v) is 5.54. The monoisotopic (exact) mass is 235 g/mol. The van der Waals surface area contributed by atoms with E-state index >= 15 is 0 Å². The number of rotatable bonds is 3. The van der Waals surface area contributed by atoms with Crippen LogP contribution in [-0.4, -0.2) is 20.1 Å². The van der Waals surface area contributed by atoms with Crippen molar-refractivity contribution in [3.63, 3.8) is 0 Å². The molecule has 0 aromatic carbocycles. The fraction of sp³-hybridized carbons (Fsp3) is 0.100. The van der Waals surface area contributed by atoms with Gasteiger partial charge in [0.05, 0.1) is 6.20 Å². The van der Waals surface area contributed by atoms with E-state index in [1.54, 1.807) is 12.4 Å². The summed E-state index contributed by atoms with van der Waals surface area (Å²) in [6.45, 7) is 0. The zero-order chi connectivity index (χ0) is 11.4. The second kappa shape index (κ2) is 4.80. The molecule has 0 unspecified atom stereocenters. The SMILES string of the molecule is O=c1[nH]c(SCc2ccncc2)ncc1O. The van der Waals surface area contributed by atoms with Crippen LogP contribution >= 0.6 is 11.8 Å². The molecule has 0 spiro atoms. The van der Waals surface area contributed by atoms with Gasteiger partial charge in [-0.05, 0) is 17.7 Å². The highest BCUT2D eigenvalue weighted by atomic mass is 32.2. The summed E-state index contributed by atoms with van der Waals surface area (Å²) >= 11 is 1.39. The maximum absolute atomic E-state index is 11.1. The van der Waals surface area contributed by atoms with Gasteiger partial charge >= 0.3 is 0 Å². The van der Waals surface area contributed by atoms with Gasteiger partial charge in [-0.2, -0.15) is 0 Å². The molecule has 82 valence electrons. The minimum atomic E-state index is -0.521. The Balaban J connectivity index is 2.05. The Labute approximate surface area is 95.6 Å². The van der Waals surface area contributed by atoms with Crippen LogP contribution in [0, 0.1) is 0 Å². The summed E-state index contributed by atoms with van der Waals surface area (Å²) in [6.07, 6.45) is 4.57. The van der Waals surface area contributed by atoms with E-state index in [2.05, 4.69) is 15.0 Å². The Kier molecular flexibility index (Phi) is 3.21. The van der Waals surface area contributed by atoms with Gasteiger partial charge in [0.2, 0.25) is 0 Å². The number of aromatic hydroxyl groups is 1. The molecule has 5 nitrogen and oxygen atoms in total. The zero-order valence-corrected chi connectivity index (χ0v) is 9.07. The lowest BCUT2D eigenvalue weighted by atomic mass is 10.3. The third-order valence-electron chi connectivity index (χ3n) is 1.88. The molecule has 16 heavy (non-hydrogen) atoms. The predicted molar refractivity (Wildman–Crippen MR) is 60.3 cm³/mol. The molecule has 0 amide bonds. The third kappa shape index (κ3) is 2.60. The van der Waals surface area contributed by atoms with Crippen molar-refractivity contribution in [2.75, 3.05) is 0 Å². The molecule has 2 N–H and O–H groups in total. The molecule has 0 fully saturated rings. The van der Waals surface area contributed by atoms with E-state index in [1.165, 1.54) is 11.8 Å². The first-order valence-electron chi connectivity index (χ1n) is 4.55. The zero-order valence-electron chi connectivity index (χ0n) is 8.25. The molecular weight excluding hydrogens is 226 g/mol. The molecule has 0 aliphatic carbocycles. The van der Waals surface area contributed by atoms with Crippen molar-refractivity contribution < 1.29 is 5.11 Å². The van der Waals surface area contributed by atoms with E-state index in [1.807, 2.05) is 12.1 Å². The normalized spacial score (nSPS) is 10.2. The second-order valence-corrected chi connectivity index (χ2v) is 4.01. The van der Waals surface area contributed by atoms with E-state index in [4.69, 9.17) is 5.11 Å². The molecule has 0 saturated heterocycles. The van der Waals surface area contributed by atoms with Crippen molar-refractivity contribution in [3.8, 4) is 5.75 Å². The Morgan fingerprint density at radius 2 is 2.12 bits per heavy atom. The van der Waals surface area contributed by atoms with Gasteiger partial charge in [-0.25, -0.2) is 4.98 Å². The van der Waals surface area contributed by atoms with Crippen LogP contribution in [0.2, 0.25) is 0 Å². The number of aromatic amines is 1. The van der Waals surface area contributed by atoms with Crippen LogP contribution in [0.15, 0.2) is 40.7 Å². The summed E-state index contributed by atoms with van der Waals surface area (Å²) in [5.41, 5.74) is 0.572. The van der Waals surface area contributed by atoms with Gasteiger partial charge in [0.25, 0.3) is 5.56 Å². The lowest BCUT2D eigenvalue weighted by Crippen LogP contribution is -2.06. The van der Waals surface area contributed by atoms with Crippen molar-refractivity contribution in [2.45, 2.75) is 10.9 Å². The van der Waals surface area contributed by atoms with Gasteiger partial charge in [-0.15, -0.1) is 0 Å². The molecule has 2 rings (SSSR count). The second-order valence-electron chi connectivity index (χ2n) is 3.05. The Morgan fingerprint density at radius 1 is 1.38 bits per heavy atom. The molecule has 2 aromatic heterocycles. The predicted octanol–water partition coefficient (Wildman–Crippen LogP) is 1.16. The number of hydrogen-bond donors (Lipinski definition) is 2. The van der Waals surface area contributed by atoms with Crippen LogP contribution in [0.4, 0.5) is 0 Å². The molecule has 0 radical (unpaired) electrons. The topological polar surface area (TPSA) is 78.9 Å². The molecule has 2 heterocycles. The largest absolute Gasteiger partial charge is 0.502 e. The Morgan fingerprint density at radius 3 is 2.81 bits per heavy atom. The number of hydrogen-bond acceptors (Lipinski definition) is 5. The van der Waals surface area contributed by atoms with Crippen LogP contribution < -0.4 is 5.56 Å². The summed E-state index contributed by atoms with van der Waals surface area (Å²) in [7, 11) is 0. The van der Waals surface area contributed by atoms with Crippen molar-refractivity contribution in [1.82, 2.24) is 15.0 Å². The third-order valence-corrected chi connectivity index (χ3v) is 2.84. The van der Waals surface area contributed by atoms with Crippen LogP contribution in [0.1, 0.15) is 5.56 Å². The highest BCUT2D eigenvalue weighted by molar-refractivity contribution is 7.98. The molecule has 0 saturated carbocycles. The fourth-order valence-corrected chi connectivity index (χ4v) is 1.86. The maximum atomic E-state index is 11.1. The fourth-order valence-electron chi connectivity index (χ4n) is 1.08. The summed E-state index contributed by atoms with van der Waals surface area (Å²) < 4.78 is 0.